The molecule has 7 nitrogen and oxygen atoms in total. The molecular formula is C26H27NO6S. The number of fused-ring (bicyclic) bond motifs is 1. The summed E-state index contributed by atoms with van der Waals surface area (Å²) in [4.78, 5) is 11.1. The molecule has 0 aromatic heterocycles. The monoisotopic (exact) mass is 481 g/mol. The molecule has 1 aliphatic heterocycles. The van der Waals surface area contributed by atoms with Gasteiger partial charge in [-0.3, -0.25) is 9.10 Å². The highest BCUT2D eigenvalue weighted by Gasteiger charge is 2.34. The zero-order chi connectivity index (χ0) is 24.3. The van der Waals surface area contributed by atoms with Crippen molar-refractivity contribution in [2.45, 2.75) is 37.2 Å². The van der Waals surface area contributed by atoms with Gasteiger partial charge in [0.2, 0.25) is 0 Å². The molecule has 8 heteroatoms. The van der Waals surface area contributed by atoms with Crippen LogP contribution in [0.4, 0.5) is 5.69 Å². The van der Waals surface area contributed by atoms with E-state index >= 15 is 0 Å². The van der Waals surface area contributed by atoms with E-state index in [9.17, 15) is 13.2 Å². The highest BCUT2D eigenvalue weighted by Crippen LogP contribution is 2.41. The summed E-state index contributed by atoms with van der Waals surface area (Å²) in [5.41, 5.74) is 3.02. The molecule has 1 heterocycles. The van der Waals surface area contributed by atoms with Crippen LogP contribution in [0.2, 0.25) is 0 Å². The number of carboxylic acids is 1. The molecule has 3 aromatic rings. The largest absolute Gasteiger partial charge is 0.497 e. The Labute approximate surface area is 199 Å². The molecule has 1 atom stereocenters. The molecule has 4 rings (SSSR count). The van der Waals surface area contributed by atoms with Crippen molar-refractivity contribution in [1.82, 2.24) is 0 Å². The van der Waals surface area contributed by atoms with Crippen molar-refractivity contribution in [1.29, 1.82) is 0 Å². The van der Waals surface area contributed by atoms with Gasteiger partial charge in [0.1, 0.15) is 17.6 Å². The third-order valence-corrected chi connectivity index (χ3v) is 7.56. The Bertz CT molecular complexity index is 1300. The highest BCUT2D eigenvalue weighted by molar-refractivity contribution is 7.92. The number of carbonyl (C=O) groups is 1. The first-order valence-corrected chi connectivity index (χ1v) is 12.5. The average molecular weight is 482 g/mol. The minimum Gasteiger partial charge on any atom is -0.497 e. The van der Waals surface area contributed by atoms with E-state index in [1.165, 1.54) is 4.31 Å². The van der Waals surface area contributed by atoms with E-state index in [1.54, 1.807) is 31.4 Å². The molecule has 0 amide bonds. The van der Waals surface area contributed by atoms with E-state index < -0.39 is 22.1 Å². The molecule has 0 bridgehead atoms. The maximum Gasteiger partial charge on any atom is 0.303 e. The smallest absolute Gasteiger partial charge is 0.303 e. The average Bonchev–Trinajstić information content (AvgIpc) is 2.83. The van der Waals surface area contributed by atoms with Gasteiger partial charge >= 0.3 is 5.97 Å². The van der Waals surface area contributed by atoms with Gasteiger partial charge in [-0.1, -0.05) is 30.3 Å². The van der Waals surface area contributed by atoms with Crippen LogP contribution in [0.5, 0.6) is 11.5 Å². The summed E-state index contributed by atoms with van der Waals surface area (Å²) < 4.78 is 40.3. The predicted molar refractivity (Wildman–Crippen MR) is 130 cm³/mol. The summed E-state index contributed by atoms with van der Waals surface area (Å²) in [6.07, 6.45) is 0.388. The standard InChI is InChI=1S/C26H27NO6S/c1-18-6-3-10-23(14-18)34(30,31)27-17-22(9-5-11-26(28)29)33-25-13-12-20(16-24(25)27)19-7-4-8-21(15-19)32-2/h3-4,6-8,10,12-16,22H,5,9,11,17H2,1-2H3,(H,28,29)/t22-/m0/s1. The minimum atomic E-state index is -3.87. The second kappa shape index (κ2) is 9.77. The summed E-state index contributed by atoms with van der Waals surface area (Å²) >= 11 is 0. The summed E-state index contributed by atoms with van der Waals surface area (Å²) in [5, 5.41) is 8.98. The van der Waals surface area contributed by atoms with Gasteiger partial charge in [-0.15, -0.1) is 0 Å². The van der Waals surface area contributed by atoms with Crippen LogP contribution < -0.4 is 13.8 Å². The van der Waals surface area contributed by atoms with Crippen LogP contribution in [0.25, 0.3) is 11.1 Å². The summed E-state index contributed by atoms with van der Waals surface area (Å²) in [5.74, 6) is 0.270. The number of benzene rings is 3. The second-order valence-corrected chi connectivity index (χ2v) is 10.2. The fraction of sp³-hybridized carbons (Fsp3) is 0.269. The highest BCUT2D eigenvalue weighted by atomic mass is 32.2. The van der Waals surface area contributed by atoms with Crippen LogP contribution in [-0.4, -0.2) is 39.3 Å². The predicted octanol–water partition coefficient (Wildman–Crippen LogP) is 4.88. The van der Waals surface area contributed by atoms with Gasteiger partial charge < -0.3 is 14.6 Å². The first-order valence-electron chi connectivity index (χ1n) is 11.0. The number of carboxylic acid groups (broad SMARTS) is 1. The van der Waals surface area contributed by atoms with E-state index in [0.717, 1.165) is 16.7 Å². The number of anilines is 1. The Balaban J connectivity index is 1.76. The number of hydrogen-bond donors (Lipinski definition) is 1. The summed E-state index contributed by atoms with van der Waals surface area (Å²) in [6.45, 7) is 1.95. The van der Waals surface area contributed by atoms with Crippen molar-refractivity contribution in [3.63, 3.8) is 0 Å². The maximum absolute atomic E-state index is 13.7. The normalized spacial score (nSPS) is 15.4. The minimum absolute atomic E-state index is 0.00608. The van der Waals surface area contributed by atoms with Crippen LogP contribution >= 0.6 is 0 Å². The van der Waals surface area contributed by atoms with Gasteiger partial charge in [-0.2, -0.15) is 0 Å². The fourth-order valence-electron chi connectivity index (χ4n) is 4.06. The van der Waals surface area contributed by atoms with Crippen molar-refractivity contribution in [2.24, 2.45) is 0 Å². The quantitative estimate of drug-likeness (QED) is 0.493. The molecular weight excluding hydrogens is 454 g/mol. The second-order valence-electron chi connectivity index (χ2n) is 8.29. The van der Waals surface area contributed by atoms with Gasteiger partial charge in [0.05, 0.1) is 24.2 Å². The van der Waals surface area contributed by atoms with Crippen molar-refractivity contribution in [2.75, 3.05) is 18.0 Å². The summed E-state index contributed by atoms with van der Waals surface area (Å²) in [6, 6.07) is 19.8. The zero-order valence-electron chi connectivity index (χ0n) is 19.1. The van der Waals surface area contributed by atoms with Crippen LogP contribution in [0.15, 0.2) is 71.6 Å². The Hall–Kier alpha value is -3.52. The molecule has 0 aliphatic carbocycles. The van der Waals surface area contributed by atoms with Crippen molar-refractivity contribution >= 4 is 21.7 Å². The third-order valence-electron chi connectivity index (χ3n) is 5.79. The number of nitrogens with zero attached hydrogens (tertiary/aromatic N) is 1. The van der Waals surface area contributed by atoms with Gasteiger partial charge in [0, 0.05) is 6.42 Å². The lowest BCUT2D eigenvalue weighted by Crippen LogP contribution is -2.43. The number of sulfonamides is 1. The molecule has 0 saturated carbocycles. The Kier molecular flexibility index (Phi) is 6.79. The topological polar surface area (TPSA) is 93.1 Å². The summed E-state index contributed by atoms with van der Waals surface area (Å²) in [7, 11) is -2.27. The van der Waals surface area contributed by atoms with Crippen LogP contribution in [-0.2, 0) is 14.8 Å². The first-order chi connectivity index (χ1) is 16.3. The number of hydrogen-bond acceptors (Lipinski definition) is 5. The van der Waals surface area contributed by atoms with Crippen LogP contribution in [0, 0.1) is 6.92 Å². The third kappa shape index (κ3) is 5.02. The van der Waals surface area contributed by atoms with Gasteiger partial charge in [0.15, 0.2) is 0 Å². The molecule has 1 N–H and O–H groups in total. The molecule has 34 heavy (non-hydrogen) atoms. The number of rotatable bonds is 8. The molecule has 1 aliphatic rings. The van der Waals surface area contributed by atoms with Crippen molar-refractivity contribution in [3.05, 3.63) is 72.3 Å². The van der Waals surface area contributed by atoms with Gasteiger partial charge in [-0.25, -0.2) is 8.42 Å². The number of aliphatic carboxylic acids is 1. The van der Waals surface area contributed by atoms with Crippen molar-refractivity contribution < 1.29 is 27.8 Å². The fourth-order valence-corrected chi connectivity index (χ4v) is 5.66. The van der Waals surface area contributed by atoms with Gasteiger partial charge in [-0.05, 0) is 72.9 Å². The van der Waals surface area contributed by atoms with Crippen molar-refractivity contribution in [3.8, 4) is 22.6 Å². The lowest BCUT2D eigenvalue weighted by molar-refractivity contribution is -0.137. The maximum atomic E-state index is 13.7. The lowest BCUT2D eigenvalue weighted by atomic mass is 10.0. The zero-order valence-corrected chi connectivity index (χ0v) is 19.9. The van der Waals surface area contributed by atoms with E-state index in [4.69, 9.17) is 14.6 Å². The molecule has 178 valence electrons. The molecule has 0 saturated heterocycles. The van der Waals surface area contributed by atoms with E-state index in [1.807, 2.05) is 49.4 Å². The molecule has 0 radical (unpaired) electrons. The number of aryl methyl sites for hydroxylation is 1. The number of ether oxygens (including phenoxy) is 2. The Morgan fingerprint density at radius 1 is 1.09 bits per heavy atom. The molecule has 0 fully saturated rings. The van der Waals surface area contributed by atoms with Gasteiger partial charge in [0.25, 0.3) is 10.0 Å². The Morgan fingerprint density at radius 2 is 1.85 bits per heavy atom. The van der Waals surface area contributed by atoms with E-state index in [2.05, 4.69) is 0 Å². The molecule has 0 spiro atoms. The van der Waals surface area contributed by atoms with Crippen LogP contribution in [0.3, 0.4) is 0 Å². The van der Waals surface area contributed by atoms with E-state index in [-0.39, 0.29) is 17.9 Å². The van der Waals surface area contributed by atoms with Crippen LogP contribution in [0.1, 0.15) is 24.8 Å². The first kappa shape index (κ1) is 23.6. The number of methoxy groups -OCH3 is 1. The Morgan fingerprint density at radius 3 is 2.59 bits per heavy atom. The SMILES string of the molecule is COc1cccc(-c2ccc3c(c2)N(S(=O)(=O)c2cccc(C)c2)C[C@H](CCCC(=O)O)O3)c1. The molecule has 3 aromatic carbocycles. The van der Waals surface area contributed by atoms with E-state index in [0.29, 0.717) is 30.0 Å². The molecule has 0 unspecified atom stereocenters. The lowest BCUT2D eigenvalue weighted by Gasteiger charge is -2.36.